The number of halogens is 1. The van der Waals surface area contributed by atoms with Gasteiger partial charge in [0, 0.05) is 46.3 Å². The van der Waals surface area contributed by atoms with Crippen LogP contribution in [-0.4, -0.2) is 74.5 Å². The normalized spacial score (nSPS) is 12.4. The summed E-state index contributed by atoms with van der Waals surface area (Å²) in [6.07, 6.45) is 3.82. The van der Waals surface area contributed by atoms with Crippen LogP contribution in [0.5, 0.6) is 0 Å². The Balaban J connectivity index is 0. The average Bonchev–Trinajstić information content (AvgIpc) is 2.52. The number of aliphatic imine (C=N–C) groups is 1. The number of likely N-dealkylation sites (N-methyl/N-ethyl adjacent to an activating group) is 1. The first kappa shape index (κ1) is 26.1. The fraction of sp³-hybridized carbons (Fsp3) is 0.667. The maximum Gasteiger partial charge on any atom is 0.243 e. The van der Waals surface area contributed by atoms with Gasteiger partial charge >= 0.3 is 0 Å². The number of guanidine groups is 1. The molecule has 1 unspecified atom stereocenters. The van der Waals surface area contributed by atoms with E-state index in [4.69, 9.17) is 0 Å². The van der Waals surface area contributed by atoms with Gasteiger partial charge in [-0.3, -0.25) is 9.69 Å². The summed E-state index contributed by atoms with van der Waals surface area (Å²) in [4.78, 5) is 19.9. The maximum absolute atomic E-state index is 11.7. The van der Waals surface area contributed by atoms with Crippen molar-refractivity contribution in [2.75, 3.05) is 46.8 Å². The second-order valence-corrected chi connectivity index (χ2v) is 6.21. The summed E-state index contributed by atoms with van der Waals surface area (Å²) in [5.41, 5.74) is 0. The van der Waals surface area contributed by atoms with E-state index < -0.39 is 0 Å². The van der Waals surface area contributed by atoms with Gasteiger partial charge in [0.05, 0.1) is 0 Å². The summed E-state index contributed by atoms with van der Waals surface area (Å²) in [7, 11) is 3.46. The van der Waals surface area contributed by atoms with Crippen LogP contribution in [0.3, 0.4) is 0 Å². The van der Waals surface area contributed by atoms with Gasteiger partial charge in [0.1, 0.15) is 6.54 Å². The number of hydrogen-bond donors (Lipinski definition) is 2. The van der Waals surface area contributed by atoms with Gasteiger partial charge in [0.2, 0.25) is 5.91 Å². The molecule has 0 aromatic rings. The van der Waals surface area contributed by atoms with Crippen LogP contribution in [0.2, 0.25) is 0 Å². The van der Waals surface area contributed by atoms with E-state index >= 15 is 0 Å². The summed E-state index contributed by atoms with van der Waals surface area (Å²) in [6.45, 7) is 17.3. The highest BCUT2D eigenvalue weighted by molar-refractivity contribution is 14.0. The molecule has 0 heterocycles. The van der Waals surface area contributed by atoms with Crippen LogP contribution >= 0.6 is 24.0 Å². The first-order valence-corrected chi connectivity index (χ1v) is 8.55. The molecule has 0 saturated carbocycles. The standard InChI is InChI=1S/C18H35N5O.HI/c1-8-11-23(12-9-2)16(15(4)5)13-20-18(19-10-3)21-14-17(24)22(6)7;/h8-9,15-16H,1-2,10-14H2,3-7H3,(H2,19,20,21);1H. The monoisotopic (exact) mass is 465 g/mol. The van der Waals surface area contributed by atoms with Gasteiger partial charge in [-0.1, -0.05) is 26.0 Å². The van der Waals surface area contributed by atoms with Gasteiger partial charge in [-0.05, 0) is 12.8 Å². The Labute approximate surface area is 170 Å². The molecule has 146 valence electrons. The third-order valence-electron chi connectivity index (χ3n) is 3.66. The van der Waals surface area contributed by atoms with Crippen LogP contribution in [0.1, 0.15) is 20.8 Å². The molecule has 0 saturated heterocycles. The van der Waals surface area contributed by atoms with Gasteiger partial charge in [-0.15, -0.1) is 37.1 Å². The largest absolute Gasteiger partial charge is 0.357 e. The predicted octanol–water partition coefficient (Wildman–Crippen LogP) is 1.95. The fourth-order valence-corrected chi connectivity index (χ4v) is 2.29. The van der Waals surface area contributed by atoms with Gasteiger partial charge in [0.15, 0.2) is 5.96 Å². The average molecular weight is 465 g/mol. The number of carbonyl (C=O) groups excluding carboxylic acids is 1. The molecule has 2 N–H and O–H groups in total. The Hall–Kier alpha value is -1.09. The van der Waals surface area contributed by atoms with Crippen LogP contribution in [0, 0.1) is 5.92 Å². The van der Waals surface area contributed by atoms with E-state index in [1.807, 2.05) is 19.1 Å². The number of nitrogens with one attached hydrogen (secondary N) is 2. The fourth-order valence-electron chi connectivity index (χ4n) is 2.29. The van der Waals surface area contributed by atoms with Gasteiger partial charge in [-0.2, -0.15) is 0 Å². The molecule has 0 aliphatic rings. The van der Waals surface area contributed by atoms with Crippen molar-refractivity contribution in [3.05, 3.63) is 25.3 Å². The summed E-state index contributed by atoms with van der Waals surface area (Å²) >= 11 is 0. The molecular weight excluding hydrogens is 429 g/mol. The van der Waals surface area contributed by atoms with E-state index in [0.717, 1.165) is 26.2 Å². The van der Waals surface area contributed by atoms with Crippen molar-refractivity contribution in [1.29, 1.82) is 0 Å². The minimum absolute atomic E-state index is 0. The molecule has 0 fully saturated rings. The minimum atomic E-state index is -0.0208. The Bertz CT molecular complexity index is 414. The molecule has 0 bridgehead atoms. The number of nitrogens with zero attached hydrogens (tertiary/aromatic N) is 3. The van der Waals surface area contributed by atoms with Gasteiger partial charge < -0.3 is 15.5 Å². The van der Waals surface area contributed by atoms with Crippen LogP contribution in [0.15, 0.2) is 30.3 Å². The van der Waals surface area contributed by atoms with E-state index in [0.29, 0.717) is 17.9 Å². The van der Waals surface area contributed by atoms with Crippen molar-refractivity contribution in [2.45, 2.75) is 26.8 Å². The van der Waals surface area contributed by atoms with Crippen molar-refractivity contribution in [2.24, 2.45) is 10.9 Å². The number of amides is 1. The molecule has 0 aromatic heterocycles. The van der Waals surface area contributed by atoms with E-state index in [2.05, 4.69) is 47.5 Å². The molecule has 0 spiro atoms. The zero-order valence-electron chi connectivity index (χ0n) is 16.4. The zero-order chi connectivity index (χ0) is 18.5. The molecular formula is C18H36IN5O. The van der Waals surface area contributed by atoms with E-state index in [1.165, 1.54) is 0 Å². The van der Waals surface area contributed by atoms with Gasteiger partial charge in [0.25, 0.3) is 0 Å². The maximum atomic E-state index is 11.7. The molecule has 7 heteroatoms. The highest BCUT2D eigenvalue weighted by Crippen LogP contribution is 2.10. The predicted molar refractivity (Wildman–Crippen MR) is 119 cm³/mol. The van der Waals surface area contributed by atoms with Gasteiger partial charge in [-0.25, -0.2) is 4.99 Å². The molecule has 25 heavy (non-hydrogen) atoms. The highest BCUT2D eigenvalue weighted by atomic mass is 127. The van der Waals surface area contributed by atoms with E-state index in [9.17, 15) is 4.79 Å². The third kappa shape index (κ3) is 11.2. The molecule has 0 radical (unpaired) electrons. The number of carbonyl (C=O) groups is 1. The first-order chi connectivity index (χ1) is 11.4. The van der Waals surface area contributed by atoms with Crippen molar-refractivity contribution < 1.29 is 4.79 Å². The molecule has 0 aliphatic heterocycles. The molecule has 6 nitrogen and oxygen atoms in total. The quantitative estimate of drug-likeness (QED) is 0.212. The first-order valence-electron chi connectivity index (χ1n) is 8.55. The Morgan fingerprint density at radius 3 is 2.12 bits per heavy atom. The van der Waals surface area contributed by atoms with E-state index in [-0.39, 0.29) is 36.4 Å². The van der Waals surface area contributed by atoms with Crippen LogP contribution in [0.25, 0.3) is 0 Å². The van der Waals surface area contributed by atoms with Crippen molar-refractivity contribution in [1.82, 2.24) is 20.4 Å². The topological polar surface area (TPSA) is 60.0 Å². The number of hydrogen-bond acceptors (Lipinski definition) is 3. The molecule has 1 amide bonds. The second-order valence-electron chi connectivity index (χ2n) is 6.21. The lowest BCUT2D eigenvalue weighted by atomic mass is 10.0. The smallest absolute Gasteiger partial charge is 0.243 e. The molecule has 0 aromatic carbocycles. The summed E-state index contributed by atoms with van der Waals surface area (Å²) < 4.78 is 0. The molecule has 0 aliphatic carbocycles. The molecule has 1 atom stereocenters. The Morgan fingerprint density at radius 2 is 1.72 bits per heavy atom. The summed E-state index contributed by atoms with van der Waals surface area (Å²) in [5.74, 6) is 1.10. The third-order valence-corrected chi connectivity index (χ3v) is 3.66. The zero-order valence-corrected chi connectivity index (χ0v) is 18.7. The van der Waals surface area contributed by atoms with Crippen molar-refractivity contribution in [3.8, 4) is 0 Å². The van der Waals surface area contributed by atoms with Crippen LogP contribution < -0.4 is 10.6 Å². The minimum Gasteiger partial charge on any atom is -0.357 e. The van der Waals surface area contributed by atoms with Crippen LogP contribution in [-0.2, 0) is 4.79 Å². The number of rotatable bonds is 11. The second kappa shape index (κ2) is 15.2. The Morgan fingerprint density at radius 1 is 1.16 bits per heavy atom. The summed E-state index contributed by atoms with van der Waals surface area (Å²) in [5, 5.41) is 6.54. The Kier molecular flexibility index (Phi) is 15.9. The van der Waals surface area contributed by atoms with Crippen molar-refractivity contribution >= 4 is 35.8 Å². The van der Waals surface area contributed by atoms with Crippen LogP contribution in [0.4, 0.5) is 0 Å². The lowest BCUT2D eigenvalue weighted by Gasteiger charge is -2.33. The lowest BCUT2D eigenvalue weighted by molar-refractivity contribution is -0.127. The lowest BCUT2D eigenvalue weighted by Crippen LogP contribution is -2.49. The molecule has 0 rings (SSSR count). The van der Waals surface area contributed by atoms with Crippen molar-refractivity contribution in [3.63, 3.8) is 0 Å². The van der Waals surface area contributed by atoms with E-state index in [1.54, 1.807) is 19.0 Å². The highest BCUT2D eigenvalue weighted by Gasteiger charge is 2.20. The SMILES string of the molecule is C=CCN(CC=C)C(CNC(=NCC(=O)N(C)C)NCC)C(C)C.I. The summed E-state index contributed by atoms with van der Waals surface area (Å²) in [6, 6.07) is 0.314.